The van der Waals surface area contributed by atoms with Crippen molar-refractivity contribution in [2.24, 2.45) is 5.92 Å². The molecule has 2 atom stereocenters. The number of hydrogen-bond donors (Lipinski definition) is 1. The van der Waals surface area contributed by atoms with Crippen molar-refractivity contribution >= 4 is 5.91 Å². The zero-order valence-electron chi connectivity index (χ0n) is 13.0. The van der Waals surface area contributed by atoms with E-state index in [-0.39, 0.29) is 17.9 Å². The van der Waals surface area contributed by atoms with Crippen LogP contribution in [0.1, 0.15) is 37.3 Å². The molecule has 1 aliphatic heterocycles. The standard InChI is InChI=1S/C17H26N2O/c1-12(2)17(20)18-16-9-15(10-19(4)11-16)14-7-5-13(3)6-8-14/h5-8,12,15-16H,9-11H2,1-4H3,(H,18,20). The second-order valence-corrected chi connectivity index (χ2v) is 6.42. The van der Waals surface area contributed by atoms with E-state index in [2.05, 4.69) is 48.5 Å². The first-order chi connectivity index (χ1) is 9.45. The minimum absolute atomic E-state index is 0.0556. The topological polar surface area (TPSA) is 32.3 Å². The third-order valence-electron chi connectivity index (χ3n) is 4.05. The first-order valence-corrected chi connectivity index (χ1v) is 7.51. The van der Waals surface area contributed by atoms with E-state index in [1.54, 1.807) is 0 Å². The third kappa shape index (κ3) is 3.83. The van der Waals surface area contributed by atoms with E-state index in [1.807, 2.05) is 13.8 Å². The molecule has 0 saturated carbocycles. The average Bonchev–Trinajstić information content (AvgIpc) is 2.38. The number of likely N-dealkylation sites (tertiary alicyclic amines) is 1. The summed E-state index contributed by atoms with van der Waals surface area (Å²) >= 11 is 0. The van der Waals surface area contributed by atoms with Crippen molar-refractivity contribution in [1.82, 2.24) is 10.2 Å². The van der Waals surface area contributed by atoms with Crippen LogP contribution in [0.2, 0.25) is 0 Å². The fourth-order valence-electron chi connectivity index (χ4n) is 2.87. The second kappa shape index (κ2) is 6.40. The van der Waals surface area contributed by atoms with Gasteiger partial charge < -0.3 is 10.2 Å². The smallest absolute Gasteiger partial charge is 0.222 e. The summed E-state index contributed by atoms with van der Waals surface area (Å²) in [5.74, 6) is 0.722. The van der Waals surface area contributed by atoms with E-state index in [0.717, 1.165) is 19.5 Å². The van der Waals surface area contributed by atoms with E-state index in [9.17, 15) is 4.79 Å². The molecule has 1 aromatic rings. The van der Waals surface area contributed by atoms with Crippen LogP contribution in [0.3, 0.4) is 0 Å². The Labute approximate surface area is 122 Å². The van der Waals surface area contributed by atoms with Crippen molar-refractivity contribution in [2.45, 2.75) is 39.2 Å². The van der Waals surface area contributed by atoms with Gasteiger partial charge in [-0.25, -0.2) is 0 Å². The van der Waals surface area contributed by atoms with Gasteiger partial charge >= 0.3 is 0 Å². The van der Waals surface area contributed by atoms with Crippen molar-refractivity contribution in [3.8, 4) is 0 Å². The van der Waals surface area contributed by atoms with Crippen molar-refractivity contribution < 1.29 is 4.79 Å². The Bertz CT molecular complexity index is 453. The van der Waals surface area contributed by atoms with Gasteiger partial charge in [0, 0.05) is 25.0 Å². The summed E-state index contributed by atoms with van der Waals surface area (Å²) in [4.78, 5) is 14.2. The monoisotopic (exact) mass is 274 g/mol. The normalized spacial score (nSPS) is 23.9. The Morgan fingerprint density at radius 2 is 1.90 bits per heavy atom. The highest BCUT2D eigenvalue weighted by Gasteiger charge is 2.27. The van der Waals surface area contributed by atoms with Gasteiger partial charge in [0.05, 0.1) is 0 Å². The highest BCUT2D eigenvalue weighted by molar-refractivity contribution is 5.78. The molecule has 2 unspecified atom stereocenters. The lowest BCUT2D eigenvalue weighted by atomic mass is 9.87. The van der Waals surface area contributed by atoms with Gasteiger partial charge in [0.2, 0.25) is 5.91 Å². The summed E-state index contributed by atoms with van der Waals surface area (Å²) < 4.78 is 0. The zero-order valence-corrected chi connectivity index (χ0v) is 13.0. The van der Waals surface area contributed by atoms with E-state index in [4.69, 9.17) is 0 Å². The predicted molar refractivity (Wildman–Crippen MR) is 82.8 cm³/mol. The highest BCUT2D eigenvalue weighted by Crippen LogP contribution is 2.26. The molecule has 1 N–H and O–H groups in total. The number of nitrogens with zero attached hydrogens (tertiary/aromatic N) is 1. The molecule has 110 valence electrons. The minimum Gasteiger partial charge on any atom is -0.352 e. The van der Waals surface area contributed by atoms with Gasteiger partial charge in [0.25, 0.3) is 0 Å². The Balaban J connectivity index is 2.04. The van der Waals surface area contributed by atoms with Gasteiger partial charge in [0.1, 0.15) is 0 Å². The molecule has 0 bridgehead atoms. The van der Waals surface area contributed by atoms with E-state index >= 15 is 0 Å². The molecule has 1 fully saturated rings. The molecule has 1 aromatic carbocycles. The molecule has 1 heterocycles. The third-order valence-corrected chi connectivity index (χ3v) is 4.05. The Morgan fingerprint density at radius 1 is 1.25 bits per heavy atom. The number of rotatable bonds is 3. The molecular formula is C17H26N2O. The molecule has 3 nitrogen and oxygen atoms in total. The molecule has 2 rings (SSSR count). The number of carbonyl (C=O) groups is 1. The van der Waals surface area contributed by atoms with Gasteiger partial charge in [-0.05, 0) is 31.9 Å². The Hall–Kier alpha value is -1.35. The van der Waals surface area contributed by atoms with Gasteiger partial charge in [0.15, 0.2) is 0 Å². The maximum Gasteiger partial charge on any atom is 0.222 e. The summed E-state index contributed by atoms with van der Waals surface area (Å²) in [7, 11) is 2.13. The van der Waals surface area contributed by atoms with Gasteiger partial charge in [-0.3, -0.25) is 4.79 Å². The first-order valence-electron chi connectivity index (χ1n) is 7.51. The number of likely N-dealkylation sites (N-methyl/N-ethyl adjacent to an activating group) is 1. The summed E-state index contributed by atoms with van der Waals surface area (Å²) in [5, 5.41) is 3.18. The number of benzene rings is 1. The van der Waals surface area contributed by atoms with Crippen LogP contribution in [0, 0.1) is 12.8 Å². The van der Waals surface area contributed by atoms with Crippen LogP contribution in [-0.4, -0.2) is 37.0 Å². The number of aryl methyl sites for hydroxylation is 1. The first kappa shape index (κ1) is 15.0. The summed E-state index contributed by atoms with van der Waals surface area (Å²) in [6.07, 6.45) is 1.03. The maximum absolute atomic E-state index is 11.9. The number of nitrogens with one attached hydrogen (secondary N) is 1. The fraction of sp³-hybridized carbons (Fsp3) is 0.588. The quantitative estimate of drug-likeness (QED) is 0.918. The van der Waals surface area contributed by atoms with Crippen LogP contribution in [-0.2, 0) is 4.79 Å². The van der Waals surface area contributed by atoms with Crippen LogP contribution in [0.4, 0.5) is 0 Å². The van der Waals surface area contributed by atoms with Crippen molar-refractivity contribution in [2.75, 3.05) is 20.1 Å². The van der Waals surface area contributed by atoms with Crippen molar-refractivity contribution in [3.63, 3.8) is 0 Å². The predicted octanol–water partition coefficient (Wildman–Crippen LogP) is 2.55. The van der Waals surface area contributed by atoms with Crippen LogP contribution >= 0.6 is 0 Å². The number of carbonyl (C=O) groups excluding carboxylic acids is 1. The fourth-order valence-corrected chi connectivity index (χ4v) is 2.87. The summed E-state index contributed by atoms with van der Waals surface area (Å²) in [6.45, 7) is 8.01. The van der Waals surface area contributed by atoms with Gasteiger partial charge in [-0.1, -0.05) is 43.7 Å². The van der Waals surface area contributed by atoms with E-state index in [1.165, 1.54) is 11.1 Å². The lowest BCUT2D eigenvalue weighted by Gasteiger charge is -2.36. The zero-order chi connectivity index (χ0) is 14.7. The lowest BCUT2D eigenvalue weighted by Crippen LogP contribution is -2.49. The number of piperidine rings is 1. The minimum atomic E-state index is 0.0556. The van der Waals surface area contributed by atoms with Crippen LogP contribution in [0.5, 0.6) is 0 Å². The summed E-state index contributed by atoms with van der Waals surface area (Å²) in [5.41, 5.74) is 2.67. The Kier molecular flexibility index (Phi) is 4.81. The van der Waals surface area contributed by atoms with Gasteiger partial charge in [-0.15, -0.1) is 0 Å². The van der Waals surface area contributed by atoms with E-state index in [0.29, 0.717) is 5.92 Å². The average molecular weight is 274 g/mol. The van der Waals surface area contributed by atoms with Crippen molar-refractivity contribution in [1.29, 1.82) is 0 Å². The molecule has 0 radical (unpaired) electrons. The molecule has 1 aliphatic rings. The second-order valence-electron chi connectivity index (χ2n) is 6.42. The number of hydrogen-bond acceptors (Lipinski definition) is 2. The molecule has 0 spiro atoms. The molecule has 1 amide bonds. The van der Waals surface area contributed by atoms with E-state index < -0.39 is 0 Å². The van der Waals surface area contributed by atoms with Crippen LogP contribution in [0.15, 0.2) is 24.3 Å². The molecule has 1 saturated heterocycles. The summed E-state index contributed by atoms with van der Waals surface area (Å²) in [6, 6.07) is 9.05. The van der Waals surface area contributed by atoms with Crippen LogP contribution in [0.25, 0.3) is 0 Å². The van der Waals surface area contributed by atoms with Crippen molar-refractivity contribution in [3.05, 3.63) is 35.4 Å². The largest absolute Gasteiger partial charge is 0.352 e. The maximum atomic E-state index is 11.9. The number of amides is 1. The SMILES string of the molecule is Cc1ccc(C2CC(NC(=O)C(C)C)CN(C)C2)cc1. The molecule has 0 aliphatic carbocycles. The van der Waals surface area contributed by atoms with Crippen LogP contribution < -0.4 is 5.32 Å². The molecular weight excluding hydrogens is 248 g/mol. The molecule has 0 aromatic heterocycles. The Morgan fingerprint density at radius 3 is 2.50 bits per heavy atom. The van der Waals surface area contributed by atoms with Gasteiger partial charge in [-0.2, -0.15) is 0 Å². The molecule has 3 heteroatoms. The molecule has 20 heavy (non-hydrogen) atoms. The lowest BCUT2D eigenvalue weighted by molar-refractivity contribution is -0.125. The highest BCUT2D eigenvalue weighted by atomic mass is 16.1.